The minimum absolute atomic E-state index is 0.208. The van der Waals surface area contributed by atoms with E-state index in [2.05, 4.69) is 24.0 Å². The molecule has 1 N–H and O–H groups in total. The summed E-state index contributed by atoms with van der Waals surface area (Å²) in [4.78, 5) is 20.5. The van der Waals surface area contributed by atoms with Gasteiger partial charge in [0.05, 0.1) is 29.8 Å². The van der Waals surface area contributed by atoms with Gasteiger partial charge in [0.15, 0.2) is 0 Å². The number of nitrogens with one attached hydrogen (secondary N) is 1. The molecule has 0 atom stereocenters. The summed E-state index contributed by atoms with van der Waals surface area (Å²) in [6.07, 6.45) is 2.98. The predicted octanol–water partition coefficient (Wildman–Crippen LogP) is 3.53. The van der Waals surface area contributed by atoms with Crippen LogP contribution in [0.3, 0.4) is 0 Å². The molecular weight excluding hydrogens is 338 g/mol. The van der Waals surface area contributed by atoms with E-state index in [9.17, 15) is 4.79 Å². The van der Waals surface area contributed by atoms with Gasteiger partial charge in [-0.15, -0.1) is 0 Å². The number of benzene rings is 2. The van der Waals surface area contributed by atoms with Crippen molar-refractivity contribution in [1.82, 2.24) is 18.7 Å². The van der Waals surface area contributed by atoms with E-state index in [0.717, 1.165) is 17.2 Å². The molecule has 0 aliphatic carbocycles. The van der Waals surface area contributed by atoms with Crippen molar-refractivity contribution >= 4 is 34.4 Å². The molecule has 2 heterocycles. The van der Waals surface area contributed by atoms with Gasteiger partial charge >= 0.3 is 6.01 Å². The van der Waals surface area contributed by atoms with E-state index >= 15 is 0 Å². The summed E-state index contributed by atoms with van der Waals surface area (Å²) in [5, 5.41) is 2.74. The molecule has 0 spiro atoms. The van der Waals surface area contributed by atoms with Crippen molar-refractivity contribution < 1.29 is 9.53 Å². The van der Waals surface area contributed by atoms with Crippen molar-refractivity contribution in [2.75, 3.05) is 5.32 Å². The van der Waals surface area contributed by atoms with Crippen LogP contribution in [0.15, 0.2) is 60.9 Å². The Morgan fingerprint density at radius 1 is 0.960 bits per heavy atom. The lowest BCUT2D eigenvalue weighted by Gasteiger charge is -2.06. The predicted molar refractivity (Wildman–Crippen MR) is 93.9 cm³/mol. The summed E-state index contributed by atoms with van der Waals surface area (Å²) >= 11 is 1.11. The summed E-state index contributed by atoms with van der Waals surface area (Å²) in [6, 6.07) is 14.6. The highest BCUT2D eigenvalue weighted by Gasteiger charge is 2.09. The van der Waals surface area contributed by atoms with Gasteiger partial charge in [-0.1, -0.05) is 18.2 Å². The number of carbonyl (C=O) groups excluding carboxylic acids is 1. The van der Waals surface area contributed by atoms with Crippen LogP contribution >= 0.6 is 11.7 Å². The fourth-order valence-corrected chi connectivity index (χ4v) is 2.67. The Morgan fingerprint density at radius 2 is 1.72 bits per heavy atom. The lowest BCUT2D eigenvalue weighted by atomic mass is 10.2. The van der Waals surface area contributed by atoms with Gasteiger partial charge < -0.3 is 10.1 Å². The normalized spacial score (nSPS) is 10.6. The number of ether oxygens (including phenoxy) is 1. The molecule has 0 bridgehead atoms. The molecule has 0 aliphatic rings. The fourth-order valence-electron chi connectivity index (χ4n) is 2.15. The van der Waals surface area contributed by atoms with E-state index < -0.39 is 0 Å². The number of hydrogen-bond acceptors (Lipinski definition) is 7. The second-order valence-electron chi connectivity index (χ2n) is 5.09. The molecule has 1 amide bonds. The molecule has 0 aliphatic heterocycles. The standard InChI is InChI=1S/C17H11N5O2S/c23-16(11-6-7-14-15(8-11)22-25-21-14)20-12-9-18-17(19-10-12)24-13-4-2-1-3-5-13/h1-10H,(H,20,23). The van der Waals surface area contributed by atoms with Gasteiger partial charge in [0, 0.05) is 5.56 Å². The van der Waals surface area contributed by atoms with Crippen molar-refractivity contribution in [3.63, 3.8) is 0 Å². The van der Waals surface area contributed by atoms with Gasteiger partial charge in [-0.25, -0.2) is 9.97 Å². The number of para-hydroxylation sites is 1. The number of hydrogen-bond donors (Lipinski definition) is 1. The van der Waals surface area contributed by atoms with E-state index in [-0.39, 0.29) is 11.9 Å². The molecule has 0 radical (unpaired) electrons. The van der Waals surface area contributed by atoms with E-state index in [0.29, 0.717) is 22.5 Å². The highest BCUT2D eigenvalue weighted by Crippen LogP contribution is 2.18. The number of fused-ring (bicyclic) bond motifs is 1. The Kier molecular flexibility index (Phi) is 4.01. The first-order valence-electron chi connectivity index (χ1n) is 7.36. The Bertz CT molecular complexity index is 1020. The topological polar surface area (TPSA) is 89.9 Å². The summed E-state index contributed by atoms with van der Waals surface area (Å²) < 4.78 is 13.8. The van der Waals surface area contributed by atoms with Crippen LogP contribution in [0.5, 0.6) is 11.8 Å². The van der Waals surface area contributed by atoms with Gasteiger partial charge in [0.1, 0.15) is 16.8 Å². The average molecular weight is 349 g/mol. The molecule has 0 unspecified atom stereocenters. The summed E-state index contributed by atoms with van der Waals surface area (Å²) in [5.74, 6) is 0.375. The minimum atomic E-state index is -0.268. The molecule has 4 rings (SSSR count). The van der Waals surface area contributed by atoms with Gasteiger partial charge in [-0.05, 0) is 30.3 Å². The first-order valence-corrected chi connectivity index (χ1v) is 8.09. The van der Waals surface area contributed by atoms with Crippen LogP contribution in [0.4, 0.5) is 5.69 Å². The molecule has 4 aromatic rings. The lowest BCUT2D eigenvalue weighted by molar-refractivity contribution is 0.102. The maximum Gasteiger partial charge on any atom is 0.322 e. The summed E-state index contributed by atoms with van der Waals surface area (Å²) in [7, 11) is 0. The maximum atomic E-state index is 12.3. The largest absolute Gasteiger partial charge is 0.424 e. The van der Waals surface area contributed by atoms with Crippen molar-refractivity contribution in [1.29, 1.82) is 0 Å². The van der Waals surface area contributed by atoms with E-state index in [1.807, 2.05) is 30.3 Å². The highest BCUT2D eigenvalue weighted by molar-refractivity contribution is 7.00. The van der Waals surface area contributed by atoms with Crippen LogP contribution in [-0.2, 0) is 0 Å². The van der Waals surface area contributed by atoms with Crippen molar-refractivity contribution in [3.05, 3.63) is 66.5 Å². The van der Waals surface area contributed by atoms with Crippen LogP contribution < -0.4 is 10.1 Å². The molecule has 8 heteroatoms. The zero-order valence-corrected chi connectivity index (χ0v) is 13.6. The van der Waals surface area contributed by atoms with Gasteiger partial charge in [-0.2, -0.15) is 8.75 Å². The molecule has 0 saturated carbocycles. The number of rotatable bonds is 4. The third-order valence-electron chi connectivity index (χ3n) is 3.35. The van der Waals surface area contributed by atoms with Crippen molar-refractivity contribution in [2.24, 2.45) is 0 Å². The molecular formula is C17H11N5O2S. The second-order valence-corrected chi connectivity index (χ2v) is 5.62. The molecule has 25 heavy (non-hydrogen) atoms. The lowest BCUT2D eigenvalue weighted by Crippen LogP contribution is -2.12. The monoisotopic (exact) mass is 349 g/mol. The zero-order valence-electron chi connectivity index (χ0n) is 12.8. The summed E-state index contributed by atoms with van der Waals surface area (Å²) in [5.41, 5.74) is 2.43. The van der Waals surface area contributed by atoms with Crippen molar-refractivity contribution in [2.45, 2.75) is 0 Å². The van der Waals surface area contributed by atoms with Crippen LogP contribution in [0.2, 0.25) is 0 Å². The number of nitrogens with zero attached hydrogens (tertiary/aromatic N) is 4. The average Bonchev–Trinajstić information content (AvgIpc) is 3.12. The molecule has 2 aromatic carbocycles. The number of aromatic nitrogens is 4. The fraction of sp³-hybridized carbons (Fsp3) is 0. The molecule has 7 nitrogen and oxygen atoms in total. The van der Waals surface area contributed by atoms with Crippen LogP contribution in [0.25, 0.3) is 11.0 Å². The molecule has 2 aromatic heterocycles. The Labute approximate surface area is 146 Å². The smallest absolute Gasteiger partial charge is 0.322 e. The number of amides is 1. The number of anilines is 1. The summed E-state index contributed by atoms with van der Waals surface area (Å²) in [6.45, 7) is 0. The van der Waals surface area contributed by atoms with Crippen LogP contribution in [0.1, 0.15) is 10.4 Å². The SMILES string of the molecule is O=C(Nc1cnc(Oc2ccccc2)nc1)c1ccc2nsnc2c1. The Hall–Kier alpha value is -3.39. The first-order chi connectivity index (χ1) is 12.3. The van der Waals surface area contributed by atoms with E-state index in [1.54, 1.807) is 18.2 Å². The minimum Gasteiger partial charge on any atom is -0.424 e. The first kappa shape index (κ1) is 15.2. The van der Waals surface area contributed by atoms with Crippen LogP contribution in [0, 0.1) is 0 Å². The number of carbonyl (C=O) groups is 1. The highest BCUT2D eigenvalue weighted by atomic mass is 32.1. The second kappa shape index (κ2) is 6.62. The molecule has 122 valence electrons. The zero-order chi connectivity index (χ0) is 17.1. The third-order valence-corrected chi connectivity index (χ3v) is 3.91. The Balaban J connectivity index is 1.46. The van der Waals surface area contributed by atoms with Crippen molar-refractivity contribution in [3.8, 4) is 11.8 Å². The van der Waals surface area contributed by atoms with Gasteiger partial charge in [-0.3, -0.25) is 4.79 Å². The van der Waals surface area contributed by atoms with Gasteiger partial charge in [0.2, 0.25) is 0 Å². The van der Waals surface area contributed by atoms with Crippen LogP contribution in [-0.4, -0.2) is 24.6 Å². The van der Waals surface area contributed by atoms with E-state index in [4.69, 9.17) is 4.74 Å². The molecule has 0 saturated heterocycles. The Morgan fingerprint density at radius 3 is 2.52 bits per heavy atom. The van der Waals surface area contributed by atoms with Gasteiger partial charge in [0.25, 0.3) is 5.91 Å². The maximum absolute atomic E-state index is 12.3. The molecule has 0 fully saturated rings. The quantitative estimate of drug-likeness (QED) is 0.606. The van der Waals surface area contributed by atoms with E-state index in [1.165, 1.54) is 12.4 Å². The third kappa shape index (κ3) is 3.43.